The molecule has 0 bridgehead atoms. The standard InChI is InChI=1S/C27H29N3O3S/c31-25(28-19-20-7-6-10-22(17-20)26(32)29-11-4-5-12-29)24-18-23(21-8-2-1-3-9-21)27(34-24)30-13-15-33-16-14-30/h1-3,6-10,17-18H,4-5,11-16,19H2,(H,28,31). The van der Waals surface area contributed by atoms with Crippen molar-refractivity contribution in [1.82, 2.24) is 10.2 Å². The average Bonchev–Trinajstić information content (AvgIpc) is 3.59. The highest BCUT2D eigenvalue weighted by Crippen LogP contribution is 2.39. The lowest BCUT2D eigenvalue weighted by Gasteiger charge is -2.28. The molecule has 0 radical (unpaired) electrons. The second-order valence-corrected chi connectivity index (χ2v) is 9.71. The first kappa shape index (κ1) is 22.6. The third-order valence-corrected chi connectivity index (χ3v) is 7.53. The summed E-state index contributed by atoms with van der Waals surface area (Å²) in [5, 5.41) is 4.16. The van der Waals surface area contributed by atoms with Crippen molar-refractivity contribution in [3.05, 3.63) is 76.7 Å². The average molecular weight is 476 g/mol. The van der Waals surface area contributed by atoms with Gasteiger partial charge in [0.2, 0.25) is 0 Å². The Kier molecular flexibility index (Phi) is 6.92. The van der Waals surface area contributed by atoms with E-state index in [2.05, 4.69) is 22.3 Å². The Morgan fingerprint density at radius 1 is 0.912 bits per heavy atom. The normalized spacial score (nSPS) is 16.0. The predicted octanol–water partition coefficient (Wildman–Crippen LogP) is 4.42. The van der Waals surface area contributed by atoms with Crippen molar-refractivity contribution < 1.29 is 14.3 Å². The molecule has 2 amide bonds. The Hall–Kier alpha value is -3.16. The summed E-state index contributed by atoms with van der Waals surface area (Å²) in [6.45, 7) is 5.06. The number of hydrogen-bond donors (Lipinski definition) is 1. The number of anilines is 1. The van der Waals surface area contributed by atoms with Crippen molar-refractivity contribution in [3.8, 4) is 11.1 Å². The lowest BCUT2D eigenvalue weighted by Crippen LogP contribution is -2.35. The molecular formula is C27H29N3O3S. The van der Waals surface area contributed by atoms with E-state index in [0.29, 0.717) is 30.2 Å². The van der Waals surface area contributed by atoms with Crippen LogP contribution in [0.15, 0.2) is 60.7 Å². The maximum absolute atomic E-state index is 13.1. The molecule has 0 unspecified atom stereocenters. The van der Waals surface area contributed by atoms with Gasteiger partial charge in [-0.2, -0.15) is 0 Å². The fraction of sp³-hybridized carbons (Fsp3) is 0.333. The fourth-order valence-corrected chi connectivity index (χ4v) is 5.65. The summed E-state index contributed by atoms with van der Waals surface area (Å²) in [6.07, 6.45) is 2.14. The molecule has 2 aromatic carbocycles. The fourth-order valence-electron chi connectivity index (χ4n) is 4.51. The largest absolute Gasteiger partial charge is 0.378 e. The monoisotopic (exact) mass is 475 g/mol. The topological polar surface area (TPSA) is 61.9 Å². The SMILES string of the molecule is O=C(NCc1cccc(C(=O)N2CCCC2)c1)c1cc(-c2ccccc2)c(N2CCOCC2)s1. The molecule has 2 saturated heterocycles. The summed E-state index contributed by atoms with van der Waals surface area (Å²) >= 11 is 1.53. The highest BCUT2D eigenvalue weighted by atomic mass is 32.1. The molecule has 176 valence electrons. The number of amides is 2. The van der Waals surface area contributed by atoms with Crippen LogP contribution in [-0.4, -0.2) is 56.1 Å². The van der Waals surface area contributed by atoms with Gasteiger partial charge in [-0.15, -0.1) is 11.3 Å². The Balaban J connectivity index is 1.31. The maximum atomic E-state index is 13.1. The molecule has 1 aromatic heterocycles. The number of likely N-dealkylation sites (tertiary alicyclic amines) is 1. The first-order chi connectivity index (χ1) is 16.7. The molecule has 2 aliphatic rings. The molecule has 3 aromatic rings. The van der Waals surface area contributed by atoms with Crippen LogP contribution in [0.5, 0.6) is 0 Å². The summed E-state index contributed by atoms with van der Waals surface area (Å²) in [5.41, 5.74) is 3.79. The van der Waals surface area contributed by atoms with Crippen LogP contribution in [0, 0.1) is 0 Å². The van der Waals surface area contributed by atoms with Crippen molar-refractivity contribution in [3.63, 3.8) is 0 Å². The van der Waals surface area contributed by atoms with Crippen LogP contribution in [-0.2, 0) is 11.3 Å². The molecule has 1 N–H and O–H groups in total. The Labute approximate surface area is 204 Å². The van der Waals surface area contributed by atoms with Gasteiger partial charge in [-0.25, -0.2) is 0 Å². The number of hydrogen-bond acceptors (Lipinski definition) is 5. The van der Waals surface area contributed by atoms with Crippen molar-refractivity contribution in [2.75, 3.05) is 44.3 Å². The number of thiophene rings is 1. The van der Waals surface area contributed by atoms with Gasteiger partial charge in [0, 0.05) is 43.9 Å². The van der Waals surface area contributed by atoms with Gasteiger partial charge < -0.3 is 19.9 Å². The molecule has 0 aliphatic carbocycles. The number of nitrogens with one attached hydrogen (secondary N) is 1. The third-order valence-electron chi connectivity index (χ3n) is 6.34. The zero-order valence-electron chi connectivity index (χ0n) is 19.2. The van der Waals surface area contributed by atoms with Gasteiger partial charge in [0.15, 0.2) is 0 Å². The highest BCUT2D eigenvalue weighted by Gasteiger charge is 2.22. The van der Waals surface area contributed by atoms with Gasteiger partial charge in [0.25, 0.3) is 11.8 Å². The molecule has 6 nitrogen and oxygen atoms in total. The number of ether oxygens (including phenoxy) is 1. The zero-order valence-corrected chi connectivity index (χ0v) is 20.0. The smallest absolute Gasteiger partial charge is 0.261 e. The lowest BCUT2D eigenvalue weighted by atomic mass is 10.1. The van der Waals surface area contributed by atoms with Crippen molar-refractivity contribution >= 4 is 28.2 Å². The van der Waals surface area contributed by atoms with Gasteiger partial charge >= 0.3 is 0 Å². The Bertz CT molecular complexity index is 1150. The second-order valence-electron chi connectivity index (χ2n) is 8.68. The van der Waals surface area contributed by atoms with Gasteiger partial charge in [-0.1, -0.05) is 42.5 Å². The number of nitrogens with zero attached hydrogens (tertiary/aromatic N) is 2. The summed E-state index contributed by atoms with van der Waals surface area (Å²) in [5.74, 6) is -0.0236. The molecule has 0 atom stereocenters. The van der Waals surface area contributed by atoms with E-state index < -0.39 is 0 Å². The van der Waals surface area contributed by atoms with Crippen molar-refractivity contribution in [2.24, 2.45) is 0 Å². The first-order valence-electron chi connectivity index (χ1n) is 11.9. The van der Waals surface area contributed by atoms with Crippen LogP contribution < -0.4 is 10.2 Å². The quantitative estimate of drug-likeness (QED) is 0.573. The van der Waals surface area contributed by atoms with E-state index >= 15 is 0 Å². The van der Waals surface area contributed by atoms with E-state index in [1.807, 2.05) is 53.4 Å². The molecule has 2 fully saturated rings. The number of carbonyl (C=O) groups excluding carboxylic acids is 2. The number of morpholine rings is 1. The molecule has 7 heteroatoms. The predicted molar refractivity (Wildman–Crippen MR) is 136 cm³/mol. The van der Waals surface area contributed by atoms with Gasteiger partial charge in [-0.3, -0.25) is 9.59 Å². The Morgan fingerprint density at radius 2 is 1.68 bits per heavy atom. The van der Waals surface area contributed by atoms with E-state index in [4.69, 9.17) is 4.74 Å². The van der Waals surface area contributed by atoms with Crippen LogP contribution in [0.1, 0.15) is 38.4 Å². The maximum Gasteiger partial charge on any atom is 0.261 e. The lowest BCUT2D eigenvalue weighted by molar-refractivity contribution is 0.0792. The first-order valence-corrected chi connectivity index (χ1v) is 12.7. The van der Waals surface area contributed by atoms with Gasteiger partial charge in [0.1, 0.15) is 0 Å². The Morgan fingerprint density at radius 3 is 2.44 bits per heavy atom. The zero-order chi connectivity index (χ0) is 23.3. The molecule has 0 saturated carbocycles. The highest BCUT2D eigenvalue weighted by molar-refractivity contribution is 7.18. The van der Waals surface area contributed by atoms with Crippen molar-refractivity contribution in [1.29, 1.82) is 0 Å². The molecule has 34 heavy (non-hydrogen) atoms. The number of rotatable bonds is 6. The van der Waals surface area contributed by atoms with Gasteiger partial charge in [-0.05, 0) is 42.2 Å². The van der Waals surface area contributed by atoms with E-state index in [-0.39, 0.29) is 11.8 Å². The summed E-state index contributed by atoms with van der Waals surface area (Å²) < 4.78 is 5.52. The van der Waals surface area contributed by atoms with Crippen LogP contribution in [0.4, 0.5) is 5.00 Å². The molecule has 2 aliphatic heterocycles. The number of carbonyl (C=O) groups is 2. The molecule has 0 spiro atoms. The molecule has 3 heterocycles. The van der Waals surface area contributed by atoms with Crippen LogP contribution >= 0.6 is 11.3 Å². The molecular weight excluding hydrogens is 446 g/mol. The summed E-state index contributed by atoms with van der Waals surface area (Å²) in [4.78, 5) is 30.7. The minimum atomic E-state index is -0.0991. The van der Waals surface area contributed by atoms with E-state index in [1.54, 1.807) is 0 Å². The third kappa shape index (κ3) is 5.00. The van der Waals surface area contributed by atoms with Crippen LogP contribution in [0.2, 0.25) is 0 Å². The van der Waals surface area contributed by atoms with E-state index in [0.717, 1.165) is 60.7 Å². The number of benzene rings is 2. The second kappa shape index (κ2) is 10.4. The van der Waals surface area contributed by atoms with Crippen LogP contribution in [0.25, 0.3) is 11.1 Å². The summed E-state index contributed by atoms with van der Waals surface area (Å²) in [7, 11) is 0. The van der Waals surface area contributed by atoms with Crippen molar-refractivity contribution in [2.45, 2.75) is 19.4 Å². The van der Waals surface area contributed by atoms with Gasteiger partial charge in [0.05, 0.1) is 23.1 Å². The minimum Gasteiger partial charge on any atom is -0.378 e. The van der Waals surface area contributed by atoms with Crippen LogP contribution in [0.3, 0.4) is 0 Å². The van der Waals surface area contributed by atoms with E-state index in [9.17, 15) is 9.59 Å². The summed E-state index contributed by atoms with van der Waals surface area (Å²) in [6, 6.07) is 19.8. The van der Waals surface area contributed by atoms with E-state index in [1.165, 1.54) is 11.3 Å². The minimum absolute atomic E-state index is 0.0755. The molecule has 5 rings (SSSR count).